The van der Waals surface area contributed by atoms with E-state index in [9.17, 15) is 4.79 Å². The summed E-state index contributed by atoms with van der Waals surface area (Å²) in [7, 11) is 0. The number of nitrogen functional groups attached to an aromatic ring is 1. The molecule has 11 heteroatoms. The number of aromatic nitrogens is 5. The highest BCUT2D eigenvalue weighted by Gasteiger charge is 2.22. The fraction of sp³-hybridized carbons (Fsp3) is 0.476. The molecule has 2 saturated heterocycles. The number of rotatable bonds is 4. The van der Waals surface area contributed by atoms with E-state index < -0.39 is 0 Å². The van der Waals surface area contributed by atoms with Gasteiger partial charge in [0.2, 0.25) is 11.9 Å². The molecule has 0 bridgehead atoms. The highest BCUT2D eigenvalue weighted by Crippen LogP contribution is 2.26. The first-order valence-electron chi connectivity index (χ1n) is 10.8. The van der Waals surface area contributed by atoms with Crippen molar-refractivity contribution in [1.82, 2.24) is 34.4 Å². The Kier molecular flexibility index (Phi) is 5.58. The van der Waals surface area contributed by atoms with E-state index >= 15 is 0 Å². The Labute approximate surface area is 185 Å². The van der Waals surface area contributed by atoms with Crippen LogP contribution in [0.15, 0.2) is 24.7 Å². The number of anilines is 2. The first kappa shape index (κ1) is 20.6. The highest BCUT2D eigenvalue weighted by molar-refractivity contribution is 5.73. The zero-order valence-electron chi connectivity index (χ0n) is 18.1. The summed E-state index contributed by atoms with van der Waals surface area (Å²) in [6.07, 6.45) is 5.34. The summed E-state index contributed by atoms with van der Waals surface area (Å²) in [5.41, 5.74) is 8.48. The summed E-state index contributed by atoms with van der Waals surface area (Å²) in [4.78, 5) is 31.1. The third-order valence-corrected chi connectivity index (χ3v) is 5.96. The largest absolute Gasteiger partial charge is 0.378 e. The van der Waals surface area contributed by atoms with Crippen LogP contribution < -0.4 is 10.6 Å². The van der Waals surface area contributed by atoms with Crippen LogP contribution in [0.1, 0.15) is 12.5 Å². The normalized spacial score (nSPS) is 17.8. The maximum Gasteiger partial charge on any atom is 0.219 e. The van der Waals surface area contributed by atoms with Gasteiger partial charge in [0.15, 0.2) is 11.6 Å². The molecule has 5 heterocycles. The van der Waals surface area contributed by atoms with E-state index in [-0.39, 0.29) is 11.9 Å². The van der Waals surface area contributed by atoms with Gasteiger partial charge in [-0.05, 0) is 11.6 Å². The average molecular weight is 438 g/mol. The fourth-order valence-electron chi connectivity index (χ4n) is 4.19. The van der Waals surface area contributed by atoms with Crippen molar-refractivity contribution in [2.75, 3.05) is 63.1 Å². The topological polar surface area (TPSA) is 118 Å². The second-order valence-electron chi connectivity index (χ2n) is 8.15. The molecule has 11 nitrogen and oxygen atoms in total. The number of carbonyl (C=O) groups excluding carboxylic acids is 1. The summed E-state index contributed by atoms with van der Waals surface area (Å²) in [6.45, 7) is 8.59. The minimum atomic E-state index is 0.142. The summed E-state index contributed by atoms with van der Waals surface area (Å²) in [6, 6.07) is 2.16. The fourth-order valence-corrected chi connectivity index (χ4v) is 4.19. The monoisotopic (exact) mass is 437 g/mol. The average Bonchev–Trinajstić information content (AvgIpc) is 3.22. The Morgan fingerprint density at radius 2 is 1.81 bits per heavy atom. The Bertz CT molecular complexity index is 1100. The lowest BCUT2D eigenvalue weighted by atomic mass is 10.2. The molecule has 0 unspecified atom stereocenters. The van der Waals surface area contributed by atoms with Crippen molar-refractivity contribution in [2.24, 2.45) is 0 Å². The zero-order chi connectivity index (χ0) is 22.1. The number of amides is 1. The lowest BCUT2D eigenvalue weighted by Gasteiger charge is -2.33. The van der Waals surface area contributed by atoms with E-state index in [2.05, 4.69) is 32.0 Å². The van der Waals surface area contributed by atoms with Gasteiger partial charge in [0.25, 0.3) is 0 Å². The Hall–Kier alpha value is -3.31. The van der Waals surface area contributed by atoms with Crippen molar-refractivity contribution < 1.29 is 9.53 Å². The first-order valence-corrected chi connectivity index (χ1v) is 10.8. The molecule has 2 aliphatic rings. The molecule has 0 saturated carbocycles. The quantitative estimate of drug-likeness (QED) is 0.613. The van der Waals surface area contributed by atoms with E-state index in [0.29, 0.717) is 24.6 Å². The first-order chi connectivity index (χ1) is 15.6. The molecule has 0 atom stereocenters. The van der Waals surface area contributed by atoms with Crippen LogP contribution in [-0.2, 0) is 16.1 Å². The SMILES string of the molecule is CC(=O)N1CCN(Cc2cc3c(N4CCOCC4)nc(-c4cnc(N)nc4)nn3c2)CC1. The van der Waals surface area contributed by atoms with Crippen LogP contribution in [0.3, 0.4) is 0 Å². The van der Waals surface area contributed by atoms with Gasteiger partial charge in [-0.25, -0.2) is 19.5 Å². The van der Waals surface area contributed by atoms with Crippen LogP contribution in [0.25, 0.3) is 16.9 Å². The van der Waals surface area contributed by atoms with Crippen molar-refractivity contribution in [3.05, 3.63) is 30.2 Å². The zero-order valence-corrected chi connectivity index (χ0v) is 18.1. The molecule has 3 aromatic rings. The Morgan fingerprint density at radius 3 is 2.50 bits per heavy atom. The number of nitrogens with two attached hydrogens (primary N) is 1. The summed E-state index contributed by atoms with van der Waals surface area (Å²) in [5, 5.41) is 4.74. The van der Waals surface area contributed by atoms with E-state index in [1.807, 2.05) is 9.42 Å². The van der Waals surface area contributed by atoms with Crippen molar-refractivity contribution >= 4 is 23.2 Å². The van der Waals surface area contributed by atoms with Gasteiger partial charge < -0.3 is 20.3 Å². The summed E-state index contributed by atoms with van der Waals surface area (Å²) < 4.78 is 7.43. The number of ether oxygens (including phenoxy) is 1. The maximum absolute atomic E-state index is 11.6. The second kappa shape index (κ2) is 8.67. The van der Waals surface area contributed by atoms with E-state index in [4.69, 9.17) is 20.6 Å². The number of hydrogen-bond donors (Lipinski definition) is 1. The van der Waals surface area contributed by atoms with Crippen LogP contribution in [0.2, 0.25) is 0 Å². The van der Waals surface area contributed by atoms with Crippen molar-refractivity contribution in [1.29, 1.82) is 0 Å². The Morgan fingerprint density at radius 1 is 1.09 bits per heavy atom. The van der Waals surface area contributed by atoms with Gasteiger partial charge in [0.05, 0.1) is 18.8 Å². The molecule has 0 aliphatic carbocycles. The van der Waals surface area contributed by atoms with Gasteiger partial charge in [-0.1, -0.05) is 0 Å². The minimum Gasteiger partial charge on any atom is -0.378 e. The van der Waals surface area contributed by atoms with E-state index in [1.54, 1.807) is 19.3 Å². The minimum absolute atomic E-state index is 0.142. The Balaban J connectivity index is 1.46. The molecule has 0 radical (unpaired) electrons. The number of fused-ring (bicyclic) bond motifs is 1. The van der Waals surface area contributed by atoms with Crippen LogP contribution in [0.4, 0.5) is 11.8 Å². The van der Waals surface area contributed by atoms with Crippen molar-refractivity contribution in [3.8, 4) is 11.4 Å². The molecule has 5 rings (SSSR count). The van der Waals surface area contributed by atoms with Crippen LogP contribution in [-0.4, -0.2) is 92.8 Å². The van der Waals surface area contributed by atoms with Gasteiger partial charge in [-0.15, -0.1) is 5.10 Å². The molecule has 1 amide bonds. The predicted octanol–water partition coefficient (Wildman–Crippen LogP) is 0.269. The number of carbonyl (C=O) groups is 1. The third-order valence-electron chi connectivity index (χ3n) is 5.96. The number of hydrogen-bond acceptors (Lipinski definition) is 9. The second-order valence-corrected chi connectivity index (χ2v) is 8.15. The van der Waals surface area contributed by atoms with Crippen LogP contribution >= 0.6 is 0 Å². The van der Waals surface area contributed by atoms with Gasteiger partial charge >= 0.3 is 0 Å². The molecular formula is C21H27N9O2. The van der Waals surface area contributed by atoms with Crippen LogP contribution in [0.5, 0.6) is 0 Å². The third kappa shape index (κ3) is 4.21. The molecular weight excluding hydrogens is 410 g/mol. The lowest BCUT2D eigenvalue weighted by molar-refractivity contribution is -0.130. The molecule has 3 aromatic heterocycles. The molecule has 2 N–H and O–H groups in total. The lowest BCUT2D eigenvalue weighted by Crippen LogP contribution is -2.47. The van der Waals surface area contributed by atoms with Gasteiger partial charge in [-0.3, -0.25) is 9.69 Å². The summed E-state index contributed by atoms with van der Waals surface area (Å²) in [5.74, 6) is 1.79. The molecule has 0 aromatic carbocycles. The molecule has 0 spiro atoms. The molecule has 2 aliphatic heterocycles. The number of nitrogens with zero attached hydrogens (tertiary/aromatic N) is 8. The standard InChI is InChI=1S/C21H27N9O2/c1-15(31)28-4-2-27(3-5-28)13-16-10-18-20(29-6-8-32-9-7-29)25-19(26-30(18)14-16)17-11-23-21(22)24-12-17/h10-12,14H,2-9,13H2,1H3,(H2,22,23,24). The number of morpholine rings is 1. The van der Waals surface area contributed by atoms with E-state index in [0.717, 1.165) is 62.7 Å². The van der Waals surface area contributed by atoms with Gasteiger partial charge in [0, 0.05) is 71.3 Å². The smallest absolute Gasteiger partial charge is 0.219 e. The van der Waals surface area contributed by atoms with Gasteiger partial charge in [0.1, 0.15) is 5.52 Å². The summed E-state index contributed by atoms with van der Waals surface area (Å²) >= 11 is 0. The predicted molar refractivity (Wildman–Crippen MR) is 119 cm³/mol. The van der Waals surface area contributed by atoms with Crippen molar-refractivity contribution in [2.45, 2.75) is 13.5 Å². The molecule has 168 valence electrons. The van der Waals surface area contributed by atoms with Crippen molar-refractivity contribution in [3.63, 3.8) is 0 Å². The number of piperazine rings is 1. The molecule has 2 fully saturated rings. The van der Waals surface area contributed by atoms with E-state index in [1.165, 1.54) is 0 Å². The van der Waals surface area contributed by atoms with Crippen LogP contribution in [0, 0.1) is 0 Å². The van der Waals surface area contributed by atoms with Gasteiger partial charge in [-0.2, -0.15) is 0 Å². The molecule has 32 heavy (non-hydrogen) atoms. The maximum atomic E-state index is 11.6. The highest BCUT2D eigenvalue weighted by atomic mass is 16.5.